The molecule has 0 saturated heterocycles. The van der Waals surface area contributed by atoms with E-state index in [9.17, 15) is 14.9 Å². The van der Waals surface area contributed by atoms with Crippen LogP contribution in [0.4, 0.5) is 16.8 Å². The van der Waals surface area contributed by atoms with Gasteiger partial charge in [-0.05, 0) is 51.4 Å². The number of aromatic nitrogens is 2. The van der Waals surface area contributed by atoms with E-state index in [0.717, 1.165) is 55.7 Å². The minimum atomic E-state index is -0.469. The van der Waals surface area contributed by atoms with Gasteiger partial charge in [0.15, 0.2) is 0 Å². The highest BCUT2D eigenvalue weighted by atomic mass is 32.1. The van der Waals surface area contributed by atoms with Crippen LogP contribution >= 0.6 is 11.3 Å². The number of fused-ring (bicyclic) bond motifs is 1. The molecule has 0 aromatic carbocycles. The molecule has 0 bridgehead atoms. The fourth-order valence-electron chi connectivity index (χ4n) is 4.38. The second kappa shape index (κ2) is 9.17. The highest BCUT2D eigenvalue weighted by Crippen LogP contribution is 2.29. The number of anilines is 2. The van der Waals surface area contributed by atoms with Gasteiger partial charge >= 0.3 is 5.00 Å². The summed E-state index contributed by atoms with van der Waals surface area (Å²) in [7, 11) is 4.05. The van der Waals surface area contributed by atoms with Crippen LogP contribution in [0.15, 0.2) is 11.4 Å². The van der Waals surface area contributed by atoms with Crippen molar-refractivity contribution in [2.24, 2.45) is 0 Å². The Morgan fingerprint density at radius 2 is 1.87 bits per heavy atom. The molecule has 1 saturated carbocycles. The van der Waals surface area contributed by atoms with E-state index < -0.39 is 4.92 Å². The summed E-state index contributed by atoms with van der Waals surface area (Å²) in [4.78, 5) is 34.4. The molecule has 4 rings (SSSR count). The van der Waals surface area contributed by atoms with Gasteiger partial charge in [-0.2, -0.15) is 4.98 Å². The molecule has 1 amide bonds. The van der Waals surface area contributed by atoms with Gasteiger partial charge < -0.3 is 15.5 Å². The number of nitrogens with zero attached hydrogens (tertiary/aromatic N) is 4. The fourth-order valence-corrected chi connectivity index (χ4v) is 5.09. The molecule has 0 unspecified atom stereocenters. The van der Waals surface area contributed by atoms with Crippen molar-refractivity contribution < 1.29 is 9.72 Å². The molecule has 166 valence electrons. The number of carbonyl (C=O) groups excluding carboxylic acids is 1. The summed E-state index contributed by atoms with van der Waals surface area (Å²) < 4.78 is 0. The van der Waals surface area contributed by atoms with Crippen LogP contribution in [0.3, 0.4) is 0 Å². The third kappa shape index (κ3) is 4.95. The lowest BCUT2D eigenvalue weighted by atomic mass is 9.91. The lowest BCUT2D eigenvalue weighted by Gasteiger charge is -2.30. The van der Waals surface area contributed by atoms with Crippen LogP contribution in [0.1, 0.15) is 60.1 Å². The van der Waals surface area contributed by atoms with E-state index in [2.05, 4.69) is 15.5 Å². The van der Waals surface area contributed by atoms with E-state index in [1.54, 1.807) is 0 Å². The van der Waals surface area contributed by atoms with Gasteiger partial charge in [0.1, 0.15) is 5.82 Å². The van der Waals surface area contributed by atoms with E-state index in [-0.39, 0.29) is 23.0 Å². The van der Waals surface area contributed by atoms with Crippen molar-refractivity contribution in [2.75, 3.05) is 24.3 Å². The summed E-state index contributed by atoms with van der Waals surface area (Å²) in [6.07, 6.45) is 7.93. The largest absolute Gasteiger partial charge is 0.362 e. The number of carbonyl (C=O) groups is 1. The van der Waals surface area contributed by atoms with Crippen LogP contribution in [0, 0.1) is 10.1 Å². The summed E-state index contributed by atoms with van der Waals surface area (Å²) >= 11 is 0.975. The number of thiophene rings is 1. The summed E-state index contributed by atoms with van der Waals surface area (Å²) in [6.45, 7) is 0. The molecule has 2 aromatic rings. The predicted octanol–water partition coefficient (Wildman–Crippen LogP) is 3.54. The molecule has 9 nitrogen and oxygen atoms in total. The quantitative estimate of drug-likeness (QED) is 0.517. The van der Waals surface area contributed by atoms with Crippen molar-refractivity contribution in [1.29, 1.82) is 0 Å². The summed E-state index contributed by atoms with van der Waals surface area (Å²) in [5, 5.41) is 18.9. The Labute approximate surface area is 185 Å². The molecule has 2 heterocycles. The monoisotopic (exact) mass is 444 g/mol. The maximum Gasteiger partial charge on any atom is 0.324 e. The molecular formula is C21H28N6O3S. The number of nitrogens with one attached hydrogen (secondary N) is 2. The second-order valence-electron chi connectivity index (χ2n) is 8.49. The van der Waals surface area contributed by atoms with Crippen molar-refractivity contribution in [3.8, 4) is 0 Å². The maximum absolute atomic E-state index is 12.4. The SMILES string of the molecule is CN(C)c1nc(NC2CCC(NC(=O)c3csc([N+](=O)[O-])c3)CC2)nc2c1CCCC2. The van der Waals surface area contributed by atoms with E-state index >= 15 is 0 Å². The zero-order valence-electron chi connectivity index (χ0n) is 17.9. The molecule has 10 heteroatoms. The molecule has 0 radical (unpaired) electrons. The van der Waals surface area contributed by atoms with E-state index in [0.29, 0.717) is 11.5 Å². The molecule has 2 aromatic heterocycles. The van der Waals surface area contributed by atoms with Gasteiger partial charge in [0.05, 0.1) is 16.2 Å². The molecule has 0 spiro atoms. The summed E-state index contributed by atoms with van der Waals surface area (Å²) in [6, 6.07) is 1.68. The first-order valence-electron chi connectivity index (χ1n) is 10.8. The standard InChI is InChI=1S/C21H28N6O3S/c1-26(2)19-16-5-3-4-6-17(16)24-21(25-19)23-15-9-7-14(8-10-15)22-20(28)13-11-18(27(29)30)31-12-13/h11-12,14-15H,3-10H2,1-2H3,(H,22,28)(H,23,24,25). The zero-order chi connectivity index (χ0) is 22.0. The Morgan fingerprint density at radius 3 is 2.55 bits per heavy atom. The highest BCUT2D eigenvalue weighted by molar-refractivity contribution is 7.13. The van der Waals surface area contributed by atoms with Gasteiger partial charge in [-0.3, -0.25) is 14.9 Å². The Morgan fingerprint density at radius 1 is 1.16 bits per heavy atom. The van der Waals surface area contributed by atoms with Gasteiger partial charge in [0.2, 0.25) is 5.95 Å². The van der Waals surface area contributed by atoms with Gasteiger partial charge in [0, 0.05) is 43.2 Å². The third-order valence-corrected chi connectivity index (χ3v) is 6.89. The number of amides is 1. The Balaban J connectivity index is 1.33. The smallest absolute Gasteiger partial charge is 0.324 e. The van der Waals surface area contributed by atoms with Crippen molar-refractivity contribution in [3.63, 3.8) is 0 Å². The minimum Gasteiger partial charge on any atom is -0.362 e. The van der Waals surface area contributed by atoms with E-state index in [4.69, 9.17) is 9.97 Å². The van der Waals surface area contributed by atoms with Crippen molar-refractivity contribution >= 4 is 34.0 Å². The number of hydrogen-bond acceptors (Lipinski definition) is 8. The van der Waals surface area contributed by atoms with Crippen LogP contribution in [-0.4, -0.2) is 47.0 Å². The summed E-state index contributed by atoms with van der Waals surface area (Å²) in [5.41, 5.74) is 2.80. The molecule has 2 N–H and O–H groups in total. The number of rotatable bonds is 6. The van der Waals surface area contributed by atoms with Crippen LogP contribution < -0.4 is 15.5 Å². The van der Waals surface area contributed by atoms with Crippen LogP contribution in [0.25, 0.3) is 0 Å². The average molecular weight is 445 g/mol. The van der Waals surface area contributed by atoms with Gasteiger partial charge in [-0.1, -0.05) is 11.3 Å². The molecule has 1 fully saturated rings. The first-order chi connectivity index (χ1) is 14.9. The van der Waals surface area contributed by atoms with Crippen LogP contribution in [0.5, 0.6) is 0 Å². The van der Waals surface area contributed by atoms with Gasteiger partial charge in [0.25, 0.3) is 5.91 Å². The number of hydrogen-bond donors (Lipinski definition) is 2. The van der Waals surface area contributed by atoms with Gasteiger partial charge in [-0.25, -0.2) is 4.98 Å². The summed E-state index contributed by atoms with van der Waals surface area (Å²) in [5.74, 6) is 1.47. The number of aryl methyl sites for hydroxylation is 1. The molecule has 0 aliphatic heterocycles. The molecule has 0 atom stereocenters. The Hall–Kier alpha value is -2.75. The van der Waals surface area contributed by atoms with Crippen LogP contribution in [0.2, 0.25) is 0 Å². The molecular weight excluding hydrogens is 416 g/mol. The fraction of sp³-hybridized carbons (Fsp3) is 0.571. The average Bonchev–Trinajstić information content (AvgIpc) is 3.25. The maximum atomic E-state index is 12.4. The minimum absolute atomic E-state index is 0.0137. The van der Waals surface area contributed by atoms with Crippen LogP contribution in [-0.2, 0) is 12.8 Å². The lowest BCUT2D eigenvalue weighted by molar-refractivity contribution is -0.380. The number of nitro groups is 1. The van der Waals surface area contributed by atoms with Crippen molar-refractivity contribution in [3.05, 3.63) is 38.4 Å². The third-order valence-electron chi connectivity index (χ3n) is 6.01. The van der Waals surface area contributed by atoms with E-state index in [1.807, 2.05) is 14.1 Å². The molecule has 2 aliphatic carbocycles. The Bertz CT molecular complexity index is 968. The normalized spacial score (nSPS) is 20.6. The second-order valence-corrected chi connectivity index (χ2v) is 9.38. The predicted molar refractivity (Wildman–Crippen MR) is 121 cm³/mol. The highest BCUT2D eigenvalue weighted by Gasteiger charge is 2.25. The van der Waals surface area contributed by atoms with Crippen molar-refractivity contribution in [2.45, 2.75) is 63.5 Å². The lowest BCUT2D eigenvalue weighted by Crippen LogP contribution is -2.40. The molecule has 31 heavy (non-hydrogen) atoms. The Kier molecular flexibility index (Phi) is 6.35. The van der Waals surface area contributed by atoms with Gasteiger partial charge in [-0.15, -0.1) is 0 Å². The first kappa shape index (κ1) is 21.5. The zero-order valence-corrected chi connectivity index (χ0v) is 18.7. The van der Waals surface area contributed by atoms with Crippen molar-refractivity contribution in [1.82, 2.24) is 15.3 Å². The topological polar surface area (TPSA) is 113 Å². The molecule has 2 aliphatic rings. The van der Waals surface area contributed by atoms with E-state index in [1.165, 1.54) is 35.5 Å². The first-order valence-corrected chi connectivity index (χ1v) is 11.7.